The van der Waals surface area contributed by atoms with E-state index in [1.807, 2.05) is 30.3 Å². The number of nitrogens with zero attached hydrogens (tertiary/aromatic N) is 1. The van der Waals surface area contributed by atoms with E-state index in [9.17, 15) is 4.79 Å². The average molecular weight is 205 g/mol. The Morgan fingerprint density at radius 3 is 2.33 bits per heavy atom. The fraction of sp³-hybridized carbons (Fsp3) is 0.417. The molecule has 0 bridgehead atoms. The van der Waals surface area contributed by atoms with Crippen LogP contribution < -0.4 is 0 Å². The molecule has 1 amide bonds. The lowest BCUT2D eigenvalue weighted by Crippen LogP contribution is -2.27. The second kappa shape index (κ2) is 3.57. The number of ether oxygens (including phenoxy) is 1. The maximum absolute atomic E-state index is 11.5. The molecule has 3 heteroatoms. The van der Waals surface area contributed by atoms with Crippen molar-refractivity contribution in [3.05, 3.63) is 35.9 Å². The van der Waals surface area contributed by atoms with E-state index >= 15 is 0 Å². The first-order chi connectivity index (χ1) is 7.14. The van der Waals surface area contributed by atoms with Crippen molar-refractivity contribution >= 4 is 6.09 Å². The third kappa shape index (κ3) is 1.96. The van der Waals surface area contributed by atoms with Gasteiger partial charge in [0.05, 0.1) is 0 Å². The Morgan fingerprint density at radius 1 is 1.27 bits per heavy atom. The summed E-state index contributed by atoms with van der Waals surface area (Å²) < 4.78 is 5.48. The van der Waals surface area contributed by atoms with Crippen molar-refractivity contribution in [2.45, 2.75) is 18.4 Å². The Labute approximate surface area is 89.7 Å². The zero-order valence-electron chi connectivity index (χ0n) is 9.06. The van der Waals surface area contributed by atoms with E-state index in [4.69, 9.17) is 4.74 Å². The molecule has 0 radical (unpaired) electrons. The number of benzene rings is 1. The average Bonchev–Trinajstić information content (AvgIpc) is 3.00. The van der Waals surface area contributed by atoms with Gasteiger partial charge in [0.25, 0.3) is 0 Å². The van der Waals surface area contributed by atoms with Crippen molar-refractivity contribution in [2.24, 2.45) is 0 Å². The summed E-state index contributed by atoms with van der Waals surface area (Å²) in [6, 6.07) is 9.93. The van der Waals surface area contributed by atoms with Crippen LogP contribution in [-0.2, 0) is 10.3 Å². The van der Waals surface area contributed by atoms with Gasteiger partial charge < -0.3 is 9.64 Å². The molecule has 1 aliphatic rings. The normalized spacial score (nSPS) is 16.9. The lowest BCUT2D eigenvalue weighted by Gasteiger charge is -2.19. The van der Waals surface area contributed by atoms with Crippen molar-refractivity contribution in [1.82, 2.24) is 4.90 Å². The molecule has 3 nitrogen and oxygen atoms in total. The van der Waals surface area contributed by atoms with Gasteiger partial charge in [-0.3, -0.25) is 0 Å². The highest BCUT2D eigenvalue weighted by Gasteiger charge is 2.48. The smallest absolute Gasteiger partial charge is 0.410 e. The Hall–Kier alpha value is -1.51. The molecule has 2 rings (SSSR count). The molecule has 15 heavy (non-hydrogen) atoms. The summed E-state index contributed by atoms with van der Waals surface area (Å²) >= 11 is 0. The topological polar surface area (TPSA) is 29.5 Å². The molecule has 0 spiro atoms. The standard InChI is InChI=1S/C12H15NO2/c1-13(2)11(14)15-12(8-9-12)10-6-4-3-5-7-10/h3-7H,8-9H2,1-2H3. The monoisotopic (exact) mass is 205 g/mol. The summed E-state index contributed by atoms with van der Waals surface area (Å²) in [5.74, 6) is 0. The maximum atomic E-state index is 11.5. The van der Waals surface area contributed by atoms with E-state index < -0.39 is 0 Å². The number of amides is 1. The van der Waals surface area contributed by atoms with Crippen LogP contribution in [-0.4, -0.2) is 25.1 Å². The Balaban J connectivity index is 2.12. The van der Waals surface area contributed by atoms with E-state index in [0.29, 0.717) is 0 Å². The molecular formula is C12H15NO2. The van der Waals surface area contributed by atoms with Crippen LogP contribution >= 0.6 is 0 Å². The fourth-order valence-corrected chi connectivity index (χ4v) is 1.56. The minimum Gasteiger partial charge on any atom is -0.438 e. The Bertz CT molecular complexity index is 355. The van der Waals surface area contributed by atoms with E-state index in [0.717, 1.165) is 18.4 Å². The van der Waals surface area contributed by atoms with Crippen LogP contribution in [0.15, 0.2) is 30.3 Å². The molecule has 80 valence electrons. The van der Waals surface area contributed by atoms with E-state index in [2.05, 4.69) is 0 Å². The van der Waals surface area contributed by atoms with Gasteiger partial charge in [-0.05, 0) is 18.4 Å². The third-order valence-electron chi connectivity index (χ3n) is 2.65. The van der Waals surface area contributed by atoms with E-state index in [1.165, 1.54) is 4.90 Å². The van der Waals surface area contributed by atoms with Gasteiger partial charge in [-0.1, -0.05) is 30.3 Å². The molecule has 0 saturated heterocycles. The minimum atomic E-state index is -0.345. The van der Waals surface area contributed by atoms with Crippen molar-refractivity contribution in [1.29, 1.82) is 0 Å². The Morgan fingerprint density at radius 2 is 1.87 bits per heavy atom. The zero-order chi connectivity index (χ0) is 10.9. The molecule has 0 unspecified atom stereocenters. The second-order valence-electron chi connectivity index (χ2n) is 4.12. The van der Waals surface area contributed by atoms with Crippen molar-refractivity contribution in [3.8, 4) is 0 Å². The van der Waals surface area contributed by atoms with Crippen molar-refractivity contribution < 1.29 is 9.53 Å². The SMILES string of the molecule is CN(C)C(=O)OC1(c2ccccc2)CC1. The van der Waals surface area contributed by atoms with Crippen LogP contribution in [0.4, 0.5) is 4.79 Å². The summed E-state index contributed by atoms with van der Waals surface area (Å²) in [5.41, 5.74) is 0.753. The van der Waals surface area contributed by atoms with E-state index in [1.54, 1.807) is 14.1 Å². The number of rotatable bonds is 2. The first kappa shape index (κ1) is 10.0. The summed E-state index contributed by atoms with van der Waals surface area (Å²) in [6.07, 6.45) is 1.59. The first-order valence-corrected chi connectivity index (χ1v) is 5.10. The predicted molar refractivity (Wildman–Crippen MR) is 57.5 cm³/mol. The van der Waals surface area contributed by atoms with Crippen LogP contribution in [0.3, 0.4) is 0 Å². The van der Waals surface area contributed by atoms with Crippen LogP contribution in [0.2, 0.25) is 0 Å². The number of carbonyl (C=O) groups is 1. The second-order valence-corrected chi connectivity index (χ2v) is 4.12. The molecule has 1 saturated carbocycles. The van der Waals surface area contributed by atoms with Crippen LogP contribution in [0, 0.1) is 0 Å². The van der Waals surface area contributed by atoms with Gasteiger partial charge in [0, 0.05) is 14.1 Å². The van der Waals surface area contributed by atoms with Crippen molar-refractivity contribution in [3.63, 3.8) is 0 Å². The van der Waals surface area contributed by atoms with Crippen molar-refractivity contribution in [2.75, 3.05) is 14.1 Å². The predicted octanol–water partition coefficient (Wildman–Crippen LogP) is 2.37. The van der Waals surface area contributed by atoms with Crippen LogP contribution in [0.5, 0.6) is 0 Å². The first-order valence-electron chi connectivity index (χ1n) is 5.10. The molecule has 0 aliphatic heterocycles. The van der Waals surface area contributed by atoms with Gasteiger partial charge in [-0.15, -0.1) is 0 Å². The maximum Gasteiger partial charge on any atom is 0.410 e. The zero-order valence-corrected chi connectivity index (χ0v) is 9.06. The molecule has 0 N–H and O–H groups in total. The fourth-order valence-electron chi connectivity index (χ4n) is 1.56. The molecule has 1 aromatic carbocycles. The highest BCUT2D eigenvalue weighted by Crippen LogP contribution is 2.49. The molecule has 0 heterocycles. The van der Waals surface area contributed by atoms with E-state index in [-0.39, 0.29) is 11.7 Å². The van der Waals surface area contributed by atoms with Gasteiger partial charge in [-0.25, -0.2) is 4.79 Å². The van der Waals surface area contributed by atoms with Gasteiger partial charge in [0.2, 0.25) is 0 Å². The van der Waals surface area contributed by atoms with Gasteiger partial charge >= 0.3 is 6.09 Å². The minimum absolute atomic E-state index is 0.267. The molecule has 0 aromatic heterocycles. The summed E-state index contributed by atoms with van der Waals surface area (Å²) in [4.78, 5) is 12.9. The van der Waals surface area contributed by atoms with Gasteiger partial charge in [0.1, 0.15) is 5.60 Å². The summed E-state index contributed by atoms with van der Waals surface area (Å²) in [5, 5.41) is 0. The van der Waals surface area contributed by atoms with Crippen LogP contribution in [0.1, 0.15) is 18.4 Å². The highest BCUT2D eigenvalue weighted by molar-refractivity contribution is 5.68. The molecule has 0 atom stereocenters. The largest absolute Gasteiger partial charge is 0.438 e. The van der Waals surface area contributed by atoms with Crippen LogP contribution in [0.25, 0.3) is 0 Å². The third-order valence-corrected chi connectivity index (χ3v) is 2.65. The molecule has 1 aliphatic carbocycles. The quantitative estimate of drug-likeness (QED) is 0.741. The summed E-state index contributed by atoms with van der Waals surface area (Å²) in [6.45, 7) is 0. The molecule has 1 fully saturated rings. The van der Waals surface area contributed by atoms with Gasteiger partial charge in [-0.2, -0.15) is 0 Å². The molecular weight excluding hydrogens is 190 g/mol. The number of hydrogen-bond acceptors (Lipinski definition) is 2. The lowest BCUT2D eigenvalue weighted by molar-refractivity contribution is 0.0594. The number of hydrogen-bond donors (Lipinski definition) is 0. The Kier molecular flexibility index (Phi) is 2.39. The molecule has 1 aromatic rings. The van der Waals surface area contributed by atoms with Gasteiger partial charge in [0.15, 0.2) is 0 Å². The summed E-state index contributed by atoms with van der Waals surface area (Å²) in [7, 11) is 3.40. The number of carbonyl (C=O) groups excluding carboxylic acids is 1. The lowest BCUT2D eigenvalue weighted by atomic mass is 10.1. The highest BCUT2D eigenvalue weighted by atomic mass is 16.6.